The zero-order valence-corrected chi connectivity index (χ0v) is 22.0. The van der Waals surface area contributed by atoms with E-state index in [0.29, 0.717) is 19.7 Å². The summed E-state index contributed by atoms with van der Waals surface area (Å²) in [5.74, 6) is 0.912. The molecule has 2 aliphatic heterocycles. The second-order valence-corrected chi connectivity index (χ2v) is 14.3. The number of hydrogen-bond donors (Lipinski definition) is 0. The highest BCUT2D eigenvalue weighted by atomic mass is 32.8. The van der Waals surface area contributed by atoms with Crippen LogP contribution in [0.2, 0.25) is 0 Å². The van der Waals surface area contributed by atoms with Gasteiger partial charge in [0.25, 0.3) is 0 Å². The molecule has 2 aromatic carbocycles. The zero-order chi connectivity index (χ0) is 23.6. The van der Waals surface area contributed by atoms with Crippen LogP contribution in [0.25, 0.3) is 0 Å². The monoisotopic (exact) mass is 490 g/mol. The Morgan fingerprint density at radius 3 is 2.48 bits per heavy atom. The van der Waals surface area contributed by atoms with Crippen LogP contribution in [0.5, 0.6) is 5.75 Å². The number of benzene rings is 2. The highest BCUT2D eigenvalue weighted by Crippen LogP contribution is 2.57. The molecule has 0 aliphatic carbocycles. The van der Waals surface area contributed by atoms with Gasteiger partial charge < -0.3 is 18.6 Å². The summed E-state index contributed by atoms with van der Waals surface area (Å²) in [5.41, 5.74) is 6.33. The van der Waals surface area contributed by atoms with Crippen molar-refractivity contribution in [1.82, 2.24) is 9.21 Å². The average molecular weight is 491 g/mol. The second kappa shape index (κ2) is 10.2. The van der Waals surface area contributed by atoms with Crippen LogP contribution >= 0.6 is 18.6 Å². The van der Waals surface area contributed by atoms with Crippen LogP contribution < -0.4 is 4.74 Å². The maximum atomic E-state index is 12.2. The summed E-state index contributed by atoms with van der Waals surface area (Å²) >= 11 is 0. The van der Waals surface area contributed by atoms with Crippen molar-refractivity contribution in [1.29, 1.82) is 0 Å². The number of rotatable bonds is 6. The van der Waals surface area contributed by atoms with Crippen LogP contribution in [-0.4, -0.2) is 47.9 Å². The van der Waals surface area contributed by atoms with Crippen molar-refractivity contribution in [2.75, 3.05) is 26.5 Å². The van der Waals surface area contributed by atoms with Gasteiger partial charge in [-0.05, 0) is 66.6 Å². The Morgan fingerprint density at radius 1 is 1.03 bits per heavy atom. The van der Waals surface area contributed by atoms with Crippen molar-refractivity contribution in [3.8, 4) is 5.75 Å². The molecule has 0 saturated carbocycles. The normalized spacial score (nSPS) is 18.8. The lowest BCUT2D eigenvalue weighted by molar-refractivity contribution is 0.0730. The minimum atomic E-state index is -1.25. The molecular weight excluding hydrogens is 455 g/mol. The largest absolute Gasteiger partial charge is 0.489 e. The van der Waals surface area contributed by atoms with Gasteiger partial charge in [0, 0.05) is 32.4 Å². The summed E-state index contributed by atoms with van der Waals surface area (Å²) in [6, 6.07) is 12.9. The van der Waals surface area contributed by atoms with E-state index in [2.05, 4.69) is 55.4 Å². The Bertz CT molecular complexity index is 1010. The minimum Gasteiger partial charge on any atom is -0.489 e. The summed E-state index contributed by atoms with van der Waals surface area (Å²) in [6.07, 6.45) is 3.67. The number of fused-ring (bicyclic) bond motifs is 2. The summed E-state index contributed by atoms with van der Waals surface area (Å²) in [6.45, 7) is 7.48. The first-order chi connectivity index (χ1) is 15.7. The van der Waals surface area contributed by atoms with Crippen molar-refractivity contribution in [2.45, 2.75) is 52.5 Å². The molecule has 2 heterocycles. The maximum Gasteiger partial charge on any atom is 0.410 e. The molecule has 0 aromatic heterocycles. The van der Waals surface area contributed by atoms with Gasteiger partial charge in [0.05, 0.1) is 13.2 Å². The third-order valence-corrected chi connectivity index (χ3v) is 9.77. The van der Waals surface area contributed by atoms with E-state index in [1.807, 2.05) is 13.8 Å². The van der Waals surface area contributed by atoms with Crippen molar-refractivity contribution < 1.29 is 18.5 Å². The quantitative estimate of drug-likeness (QED) is 0.519. The standard InChI is InChI=1S/C25H35N2O4PS/c1-18(2)31-25(28)26-11-9-20-13-19(5-6-22(20)15-26)17-30-24-8-7-23-16-27(33(4,32)29-3)12-10-21(23)14-24/h5-8,13-14,18H,9-12,15-17,32H2,1-4H3. The van der Waals surface area contributed by atoms with Crippen LogP contribution in [0.1, 0.15) is 41.7 Å². The van der Waals surface area contributed by atoms with Crippen LogP contribution in [0.4, 0.5) is 4.79 Å². The Labute approximate surface area is 201 Å². The molecule has 0 N–H and O–H groups in total. The first kappa shape index (κ1) is 24.3. The molecule has 1 amide bonds. The van der Waals surface area contributed by atoms with Crippen molar-refractivity contribution in [3.05, 3.63) is 64.2 Å². The predicted octanol–water partition coefficient (Wildman–Crippen LogP) is 5.23. The highest BCUT2D eigenvalue weighted by Gasteiger charge is 2.26. The van der Waals surface area contributed by atoms with Crippen LogP contribution in [0.3, 0.4) is 0 Å². The molecule has 4 rings (SSSR count). The van der Waals surface area contributed by atoms with Crippen molar-refractivity contribution in [2.24, 2.45) is 0 Å². The van der Waals surface area contributed by atoms with Gasteiger partial charge in [0.1, 0.15) is 12.4 Å². The Balaban J connectivity index is 1.36. The molecule has 0 saturated heterocycles. The fourth-order valence-corrected chi connectivity index (χ4v) is 5.90. The fraction of sp³-hybridized carbons (Fsp3) is 0.480. The van der Waals surface area contributed by atoms with Crippen LogP contribution in [-0.2, 0) is 41.5 Å². The molecule has 2 aromatic rings. The summed E-state index contributed by atoms with van der Waals surface area (Å²) in [5, 5.41) is 0. The van der Waals surface area contributed by atoms with E-state index >= 15 is 0 Å². The molecule has 2 atom stereocenters. The lowest BCUT2D eigenvalue weighted by Gasteiger charge is -2.43. The average Bonchev–Trinajstić information content (AvgIpc) is 2.81. The van der Waals surface area contributed by atoms with E-state index in [-0.39, 0.29) is 12.2 Å². The van der Waals surface area contributed by atoms with Crippen molar-refractivity contribution >= 4 is 24.6 Å². The molecule has 180 valence electrons. The van der Waals surface area contributed by atoms with E-state index in [1.165, 1.54) is 22.3 Å². The lowest BCUT2D eigenvalue weighted by atomic mass is 9.97. The van der Waals surface area contributed by atoms with Gasteiger partial charge in [-0.1, -0.05) is 42.8 Å². The molecule has 2 unspecified atom stereocenters. The summed E-state index contributed by atoms with van der Waals surface area (Å²) in [7, 11) is 3.42. The smallest absolute Gasteiger partial charge is 0.410 e. The topological polar surface area (TPSA) is 51.2 Å². The third kappa shape index (κ3) is 5.83. The zero-order valence-electron chi connectivity index (χ0n) is 20.0. The minimum absolute atomic E-state index is 0.0988. The van der Waals surface area contributed by atoms with E-state index < -0.39 is 10.1 Å². The van der Waals surface area contributed by atoms with Gasteiger partial charge in [-0.3, -0.25) is 0 Å². The predicted molar refractivity (Wildman–Crippen MR) is 137 cm³/mol. The Hall–Kier alpha value is -1.79. The van der Waals surface area contributed by atoms with Crippen LogP contribution in [0.15, 0.2) is 36.4 Å². The fourth-order valence-electron chi connectivity index (χ4n) is 4.30. The number of nitrogens with zero attached hydrogens (tertiary/aromatic N) is 2. The Morgan fingerprint density at radius 2 is 1.73 bits per heavy atom. The number of hydrogen-bond acceptors (Lipinski definition) is 5. The molecular formula is C25H35N2O4PS. The molecule has 8 heteroatoms. The summed E-state index contributed by atoms with van der Waals surface area (Å²) < 4.78 is 19.6. The SMILES string of the molecule is COS(C)(P)N1CCc2cc(OCc3ccc4c(c3)CCN(C(=O)OC(C)C)C4)ccc2C1. The molecule has 2 aliphatic rings. The number of carbonyl (C=O) groups excluding carboxylic acids is 1. The number of carbonyl (C=O) groups is 1. The van der Waals surface area contributed by atoms with Crippen LogP contribution in [0, 0.1) is 0 Å². The van der Waals surface area contributed by atoms with Gasteiger partial charge >= 0.3 is 6.09 Å². The van der Waals surface area contributed by atoms with Crippen molar-refractivity contribution in [3.63, 3.8) is 0 Å². The number of amides is 1. The first-order valence-corrected chi connectivity index (χ1v) is 14.8. The summed E-state index contributed by atoms with van der Waals surface area (Å²) in [4.78, 5) is 14.0. The van der Waals surface area contributed by atoms with E-state index in [0.717, 1.165) is 37.2 Å². The van der Waals surface area contributed by atoms with Gasteiger partial charge in [-0.2, -0.15) is 0 Å². The second-order valence-electron chi connectivity index (χ2n) is 9.07. The Kier molecular flexibility index (Phi) is 7.54. The van der Waals surface area contributed by atoms with E-state index in [9.17, 15) is 4.79 Å². The number of ether oxygens (including phenoxy) is 2. The molecule has 6 nitrogen and oxygen atoms in total. The van der Waals surface area contributed by atoms with E-state index in [1.54, 1.807) is 12.0 Å². The van der Waals surface area contributed by atoms with Gasteiger partial charge in [-0.15, -0.1) is 0 Å². The molecule has 0 bridgehead atoms. The molecule has 0 spiro atoms. The lowest BCUT2D eigenvalue weighted by Crippen LogP contribution is -2.37. The maximum absolute atomic E-state index is 12.2. The first-order valence-electron chi connectivity index (χ1n) is 11.4. The molecule has 33 heavy (non-hydrogen) atoms. The van der Waals surface area contributed by atoms with Gasteiger partial charge in [0.2, 0.25) is 0 Å². The third-order valence-electron chi connectivity index (χ3n) is 6.29. The highest BCUT2D eigenvalue weighted by molar-refractivity contribution is 8.64. The van der Waals surface area contributed by atoms with Gasteiger partial charge in [0.15, 0.2) is 0 Å². The molecule has 0 radical (unpaired) electrons. The van der Waals surface area contributed by atoms with Gasteiger partial charge in [-0.25, -0.2) is 9.10 Å². The van der Waals surface area contributed by atoms with E-state index in [4.69, 9.17) is 13.7 Å². The molecule has 0 fully saturated rings.